The molecule has 0 atom stereocenters. The summed E-state index contributed by atoms with van der Waals surface area (Å²) < 4.78 is 12.3. The molecule has 4 rings (SSSR count). The molecular weight excluding hydrogens is 403 g/mol. The summed E-state index contributed by atoms with van der Waals surface area (Å²) in [4.78, 5) is 0. The molecule has 2 aliphatic rings. The Morgan fingerprint density at radius 2 is 1.12 bits per heavy atom. The highest BCUT2D eigenvalue weighted by Crippen LogP contribution is 2.43. The van der Waals surface area contributed by atoms with Crippen molar-refractivity contribution < 1.29 is 4.39 Å². The van der Waals surface area contributed by atoms with Crippen molar-refractivity contribution in [2.45, 2.75) is 96.8 Å². The average Bonchev–Trinajstić information content (AvgIpc) is 2.87. The molecule has 0 bridgehead atoms. The van der Waals surface area contributed by atoms with E-state index in [1.54, 1.807) is 0 Å². The first-order chi connectivity index (χ1) is 16.2. The van der Waals surface area contributed by atoms with Crippen LogP contribution in [0.1, 0.15) is 94.6 Å². The summed E-state index contributed by atoms with van der Waals surface area (Å²) in [5.74, 6) is 3.88. The van der Waals surface area contributed by atoms with Crippen LogP contribution in [0.25, 0.3) is 11.1 Å². The Kier molecular flexibility index (Phi) is 9.45. The molecule has 0 aromatic heterocycles. The van der Waals surface area contributed by atoms with E-state index in [2.05, 4.69) is 55.5 Å². The van der Waals surface area contributed by atoms with Gasteiger partial charge in [0.25, 0.3) is 0 Å². The van der Waals surface area contributed by atoms with E-state index in [0.717, 1.165) is 36.5 Å². The van der Waals surface area contributed by atoms with E-state index in [4.69, 9.17) is 0 Å². The van der Waals surface area contributed by atoms with Crippen LogP contribution >= 0.6 is 0 Å². The van der Waals surface area contributed by atoms with Crippen LogP contribution < -0.4 is 0 Å². The molecule has 0 aliphatic heterocycles. The van der Waals surface area contributed by atoms with Crippen molar-refractivity contribution in [3.63, 3.8) is 0 Å². The third-order valence-electron chi connectivity index (χ3n) is 8.88. The summed E-state index contributed by atoms with van der Waals surface area (Å²) in [6, 6.07) is 18.1. The van der Waals surface area contributed by atoms with Crippen molar-refractivity contribution in [2.75, 3.05) is 6.67 Å². The fourth-order valence-corrected chi connectivity index (χ4v) is 6.58. The van der Waals surface area contributed by atoms with E-state index in [9.17, 15) is 4.39 Å². The molecule has 0 spiro atoms. The van der Waals surface area contributed by atoms with Crippen molar-refractivity contribution >= 4 is 0 Å². The Morgan fingerprint density at radius 3 is 1.67 bits per heavy atom. The third-order valence-corrected chi connectivity index (χ3v) is 8.88. The van der Waals surface area contributed by atoms with Gasteiger partial charge in [0.1, 0.15) is 0 Å². The van der Waals surface area contributed by atoms with Crippen LogP contribution in [0.4, 0.5) is 4.39 Å². The fourth-order valence-electron chi connectivity index (χ4n) is 6.58. The maximum Gasteiger partial charge on any atom is 0.0894 e. The third kappa shape index (κ3) is 7.43. The number of unbranched alkanes of at least 4 members (excludes halogenated alkanes) is 2. The largest absolute Gasteiger partial charge is 0.251 e. The highest BCUT2D eigenvalue weighted by atomic mass is 19.1. The van der Waals surface area contributed by atoms with Gasteiger partial charge < -0.3 is 0 Å². The van der Waals surface area contributed by atoms with Gasteiger partial charge in [-0.15, -0.1) is 0 Å². The second kappa shape index (κ2) is 12.7. The molecule has 2 saturated carbocycles. The number of halogens is 1. The number of hydrogen-bond donors (Lipinski definition) is 0. The van der Waals surface area contributed by atoms with Gasteiger partial charge in [-0.25, -0.2) is 0 Å². The molecule has 180 valence electrons. The quantitative estimate of drug-likeness (QED) is 0.317. The van der Waals surface area contributed by atoms with Crippen molar-refractivity contribution in [1.29, 1.82) is 0 Å². The maximum atomic E-state index is 12.3. The monoisotopic (exact) mass is 448 g/mol. The van der Waals surface area contributed by atoms with Gasteiger partial charge in [-0.3, -0.25) is 4.39 Å². The van der Waals surface area contributed by atoms with Crippen LogP contribution in [0.3, 0.4) is 0 Å². The topological polar surface area (TPSA) is 0 Å². The predicted octanol–water partition coefficient (Wildman–Crippen LogP) is 9.74. The molecular formula is C32H45F. The summed E-state index contributed by atoms with van der Waals surface area (Å²) in [6.45, 7) is 2.02. The van der Waals surface area contributed by atoms with E-state index in [1.165, 1.54) is 99.3 Å². The molecule has 2 aliphatic carbocycles. The second-order valence-electron chi connectivity index (χ2n) is 11.2. The SMILES string of the molecule is Cc1ccc(-c2ccc(CCC3CCC(C4CCC(CCCCCF)CC4)CC3)cc2)cc1. The minimum atomic E-state index is -0.129. The first kappa shape index (κ1) is 24.5. The molecule has 1 heteroatoms. The Balaban J connectivity index is 1.13. The Bertz CT molecular complexity index is 789. The van der Waals surface area contributed by atoms with Gasteiger partial charge in [0.2, 0.25) is 0 Å². The van der Waals surface area contributed by atoms with E-state index in [-0.39, 0.29) is 6.67 Å². The van der Waals surface area contributed by atoms with Gasteiger partial charge >= 0.3 is 0 Å². The normalized spacial score (nSPS) is 25.8. The highest BCUT2D eigenvalue weighted by molar-refractivity contribution is 5.63. The number of alkyl halides is 1. The van der Waals surface area contributed by atoms with Crippen LogP contribution in [-0.2, 0) is 6.42 Å². The molecule has 0 radical (unpaired) electrons. The van der Waals surface area contributed by atoms with Crippen molar-refractivity contribution in [1.82, 2.24) is 0 Å². The summed E-state index contributed by atoms with van der Waals surface area (Å²) in [5.41, 5.74) is 5.46. The first-order valence-electron chi connectivity index (χ1n) is 13.9. The van der Waals surface area contributed by atoms with Gasteiger partial charge in [-0.2, -0.15) is 0 Å². The fraction of sp³-hybridized carbons (Fsp3) is 0.625. The van der Waals surface area contributed by atoms with Crippen LogP contribution in [0.2, 0.25) is 0 Å². The lowest BCUT2D eigenvalue weighted by molar-refractivity contribution is 0.140. The summed E-state index contributed by atoms with van der Waals surface area (Å²) in [7, 11) is 0. The smallest absolute Gasteiger partial charge is 0.0894 e. The van der Waals surface area contributed by atoms with Gasteiger partial charge in [-0.1, -0.05) is 99.0 Å². The van der Waals surface area contributed by atoms with E-state index in [1.807, 2.05) is 0 Å². The van der Waals surface area contributed by atoms with Crippen molar-refractivity contribution in [3.05, 3.63) is 59.7 Å². The first-order valence-corrected chi connectivity index (χ1v) is 13.9. The average molecular weight is 449 g/mol. The molecule has 2 fully saturated rings. The number of hydrogen-bond acceptors (Lipinski definition) is 0. The van der Waals surface area contributed by atoms with Crippen LogP contribution in [-0.4, -0.2) is 6.67 Å². The zero-order valence-electron chi connectivity index (χ0n) is 20.9. The Morgan fingerprint density at radius 1 is 0.606 bits per heavy atom. The summed E-state index contributed by atoms with van der Waals surface area (Å²) >= 11 is 0. The minimum absolute atomic E-state index is 0.129. The summed E-state index contributed by atoms with van der Waals surface area (Å²) in [5, 5.41) is 0. The van der Waals surface area contributed by atoms with E-state index >= 15 is 0 Å². The van der Waals surface area contributed by atoms with Gasteiger partial charge in [0.05, 0.1) is 6.67 Å². The Hall–Kier alpha value is -1.63. The molecule has 0 N–H and O–H groups in total. The lowest BCUT2D eigenvalue weighted by atomic mass is 9.68. The number of rotatable bonds is 10. The standard InChI is InChI=1S/C32H45F/c1-25-6-16-29(17-7-25)30-20-12-27(13-21-30)8-9-28-14-22-32(23-15-28)31-18-10-26(11-19-31)5-3-2-4-24-33/h6-7,12-13,16-17,20-21,26,28,31-32H,2-5,8-11,14-15,18-19,22-24H2,1H3. The maximum absolute atomic E-state index is 12.3. The highest BCUT2D eigenvalue weighted by Gasteiger charge is 2.30. The number of aryl methyl sites for hydroxylation is 2. The van der Waals surface area contributed by atoms with Crippen molar-refractivity contribution in [2.24, 2.45) is 23.7 Å². The summed E-state index contributed by atoms with van der Waals surface area (Å²) in [6.07, 6.45) is 18.7. The van der Waals surface area contributed by atoms with E-state index in [0.29, 0.717) is 0 Å². The van der Waals surface area contributed by atoms with Crippen LogP contribution in [0, 0.1) is 30.6 Å². The molecule has 0 nitrogen and oxygen atoms in total. The molecule has 0 saturated heterocycles. The van der Waals surface area contributed by atoms with Crippen LogP contribution in [0.15, 0.2) is 48.5 Å². The number of benzene rings is 2. The van der Waals surface area contributed by atoms with Crippen molar-refractivity contribution in [3.8, 4) is 11.1 Å². The van der Waals surface area contributed by atoms with Crippen LogP contribution in [0.5, 0.6) is 0 Å². The zero-order valence-corrected chi connectivity index (χ0v) is 20.9. The molecule has 2 aromatic rings. The molecule has 33 heavy (non-hydrogen) atoms. The lowest BCUT2D eigenvalue weighted by Gasteiger charge is -2.38. The van der Waals surface area contributed by atoms with E-state index < -0.39 is 0 Å². The molecule has 0 heterocycles. The predicted molar refractivity (Wildman–Crippen MR) is 140 cm³/mol. The van der Waals surface area contributed by atoms with Gasteiger partial charge in [-0.05, 0) is 92.2 Å². The molecule has 0 amide bonds. The van der Waals surface area contributed by atoms with Gasteiger partial charge in [0, 0.05) is 0 Å². The van der Waals surface area contributed by atoms with Gasteiger partial charge in [0.15, 0.2) is 0 Å². The minimum Gasteiger partial charge on any atom is -0.251 e. The Labute approximate surface area is 202 Å². The zero-order chi connectivity index (χ0) is 22.9. The lowest BCUT2D eigenvalue weighted by Crippen LogP contribution is -2.26. The molecule has 0 unspecified atom stereocenters. The molecule has 2 aromatic carbocycles. The second-order valence-corrected chi connectivity index (χ2v) is 11.2.